The second kappa shape index (κ2) is 10.7. The van der Waals surface area contributed by atoms with Crippen molar-refractivity contribution in [1.29, 1.82) is 0 Å². The molecule has 134 valence electrons. The molecule has 26 heavy (non-hydrogen) atoms. The Morgan fingerprint density at radius 2 is 1.81 bits per heavy atom. The third kappa shape index (κ3) is 6.80. The highest BCUT2D eigenvalue weighted by molar-refractivity contribution is 5.98. The summed E-state index contributed by atoms with van der Waals surface area (Å²) in [5.41, 5.74) is 3.87. The number of Topliss-reactive ketones (excluding diaryl/α,β-unsaturated/α-hetero) is 1. The number of nitrogens with zero attached hydrogens (tertiary/aromatic N) is 1. The maximum absolute atomic E-state index is 12.1. The van der Waals surface area contributed by atoms with Crippen molar-refractivity contribution in [3.05, 3.63) is 77.4 Å². The molecule has 2 rings (SSSR count). The minimum Gasteiger partial charge on any atom is -0.371 e. The monoisotopic (exact) mass is 352 g/mol. The summed E-state index contributed by atoms with van der Waals surface area (Å²) in [4.78, 5) is 27.0. The fourth-order valence-corrected chi connectivity index (χ4v) is 2.08. The van der Waals surface area contributed by atoms with Crippen LogP contribution in [0, 0.1) is 0 Å². The van der Waals surface area contributed by atoms with Gasteiger partial charge in [0.2, 0.25) is 0 Å². The van der Waals surface area contributed by atoms with E-state index in [2.05, 4.69) is 4.99 Å². The Labute approximate surface area is 151 Å². The van der Waals surface area contributed by atoms with Gasteiger partial charge in [-0.3, -0.25) is 19.8 Å². The topological polar surface area (TPSA) is 88.0 Å². The van der Waals surface area contributed by atoms with Gasteiger partial charge in [-0.2, -0.15) is 0 Å². The van der Waals surface area contributed by atoms with E-state index >= 15 is 0 Å². The fraction of sp³-hybridized carbons (Fsp3) is 0.150. The van der Waals surface area contributed by atoms with Gasteiger partial charge < -0.3 is 4.74 Å². The molecule has 6 heteroatoms. The van der Waals surface area contributed by atoms with Crippen molar-refractivity contribution in [2.24, 2.45) is 4.99 Å². The largest absolute Gasteiger partial charge is 0.371 e. The van der Waals surface area contributed by atoms with Crippen LogP contribution in [0.15, 0.2) is 65.7 Å². The highest BCUT2D eigenvalue weighted by Crippen LogP contribution is 2.07. The lowest BCUT2D eigenvalue weighted by atomic mass is 10.1. The summed E-state index contributed by atoms with van der Waals surface area (Å²) in [6.45, 7) is 0.902. The third-order valence-electron chi connectivity index (χ3n) is 3.44. The van der Waals surface area contributed by atoms with Gasteiger partial charge >= 0.3 is 0 Å². The average molecular weight is 352 g/mol. The normalized spacial score (nSPS) is 11.1. The molecule has 0 saturated heterocycles. The first-order valence-electron chi connectivity index (χ1n) is 8.04. The number of hydrogen-bond acceptors (Lipinski definition) is 5. The van der Waals surface area contributed by atoms with E-state index < -0.39 is 5.91 Å². The lowest BCUT2D eigenvalue weighted by molar-refractivity contribution is -0.124. The van der Waals surface area contributed by atoms with Gasteiger partial charge in [-0.25, -0.2) is 5.48 Å². The molecule has 0 bridgehead atoms. The summed E-state index contributed by atoms with van der Waals surface area (Å²) < 4.78 is 5.46. The maximum Gasteiger partial charge on any atom is 0.267 e. The maximum atomic E-state index is 12.1. The van der Waals surface area contributed by atoms with Crippen LogP contribution in [0.1, 0.15) is 21.5 Å². The number of rotatable bonds is 9. The summed E-state index contributed by atoms with van der Waals surface area (Å²) in [5.74, 6) is -0.720. The summed E-state index contributed by atoms with van der Waals surface area (Å²) in [6, 6.07) is 16.6. The average Bonchev–Trinajstić information content (AvgIpc) is 2.69. The number of carbonyl (C=O) groups is 2. The molecule has 0 saturated carbocycles. The summed E-state index contributed by atoms with van der Waals surface area (Å²) in [7, 11) is 0. The summed E-state index contributed by atoms with van der Waals surface area (Å²) in [6.07, 6.45) is 4.31. The van der Waals surface area contributed by atoms with Crippen LogP contribution < -0.4 is 5.48 Å². The van der Waals surface area contributed by atoms with Gasteiger partial charge in [0.15, 0.2) is 5.78 Å². The van der Waals surface area contributed by atoms with Crippen molar-refractivity contribution in [2.75, 3.05) is 13.2 Å². The van der Waals surface area contributed by atoms with E-state index in [4.69, 9.17) is 9.94 Å². The minimum atomic E-state index is -0.617. The number of ketones is 1. The van der Waals surface area contributed by atoms with Crippen LogP contribution in [-0.4, -0.2) is 36.3 Å². The lowest BCUT2D eigenvalue weighted by Crippen LogP contribution is -2.14. The molecule has 0 atom stereocenters. The molecule has 6 nitrogen and oxygen atoms in total. The molecule has 0 radical (unpaired) electrons. The number of aliphatic imine (C=N–C) groups is 1. The second-order valence-electron chi connectivity index (χ2n) is 5.38. The zero-order chi connectivity index (χ0) is 18.6. The fourth-order valence-electron chi connectivity index (χ4n) is 2.08. The number of nitrogens with one attached hydrogen (secondary N) is 1. The van der Waals surface area contributed by atoms with Gasteiger partial charge in [-0.15, -0.1) is 0 Å². The van der Waals surface area contributed by atoms with Crippen LogP contribution in [0.25, 0.3) is 6.08 Å². The van der Waals surface area contributed by atoms with E-state index in [1.54, 1.807) is 30.5 Å². The van der Waals surface area contributed by atoms with Crippen molar-refractivity contribution >= 4 is 24.0 Å². The lowest BCUT2D eigenvalue weighted by Gasteiger charge is -2.01. The standard InChI is InChI=1S/C20H20N2O4/c23-19(14-21-12-13-26-15-17-4-2-1-3-5-17)18-9-6-16(7-10-18)8-11-20(24)22-25/h1-12,25H,13-15H2,(H,22,24)/b11-8+,21-12?. The van der Waals surface area contributed by atoms with Crippen LogP contribution in [0.5, 0.6) is 0 Å². The molecule has 0 heterocycles. The molecule has 0 aliphatic carbocycles. The molecular weight excluding hydrogens is 332 g/mol. The third-order valence-corrected chi connectivity index (χ3v) is 3.44. The SMILES string of the molecule is O=C(/C=C/c1ccc(C(=O)CN=CCOCc2ccccc2)cc1)NO. The molecule has 0 fully saturated rings. The summed E-state index contributed by atoms with van der Waals surface area (Å²) >= 11 is 0. The molecule has 0 aliphatic heterocycles. The Kier molecular flexibility index (Phi) is 7.92. The van der Waals surface area contributed by atoms with Gasteiger partial charge in [0.25, 0.3) is 5.91 Å². The van der Waals surface area contributed by atoms with Crippen LogP contribution in [0.4, 0.5) is 0 Å². The quantitative estimate of drug-likeness (QED) is 0.181. The minimum absolute atomic E-state index is 0.0524. The van der Waals surface area contributed by atoms with Crippen LogP contribution >= 0.6 is 0 Å². The molecule has 0 aliphatic rings. The Hall–Kier alpha value is -3.09. The molecule has 2 N–H and O–H groups in total. The highest BCUT2D eigenvalue weighted by atomic mass is 16.5. The van der Waals surface area contributed by atoms with E-state index in [9.17, 15) is 9.59 Å². The number of ether oxygens (including phenoxy) is 1. The number of benzene rings is 2. The van der Waals surface area contributed by atoms with Crippen LogP contribution in [0.2, 0.25) is 0 Å². The van der Waals surface area contributed by atoms with E-state index in [-0.39, 0.29) is 12.3 Å². The van der Waals surface area contributed by atoms with Crippen molar-refractivity contribution in [3.8, 4) is 0 Å². The molecule has 2 aromatic rings. The predicted octanol–water partition coefficient (Wildman–Crippen LogP) is 2.68. The first-order valence-corrected chi connectivity index (χ1v) is 8.04. The van der Waals surface area contributed by atoms with E-state index in [1.807, 2.05) is 30.3 Å². The van der Waals surface area contributed by atoms with Crippen LogP contribution in [-0.2, 0) is 16.1 Å². The Balaban J connectivity index is 1.73. The highest BCUT2D eigenvalue weighted by Gasteiger charge is 2.03. The zero-order valence-electron chi connectivity index (χ0n) is 14.2. The molecule has 0 unspecified atom stereocenters. The molecule has 0 aromatic heterocycles. The number of hydrogen-bond donors (Lipinski definition) is 2. The first-order chi connectivity index (χ1) is 12.7. The Morgan fingerprint density at radius 1 is 1.08 bits per heavy atom. The predicted molar refractivity (Wildman–Crippen MR) is 99.2 cm³/mol. The van der Waals surface area contributed by atoms with Gasteiger partial charge in [0.1, 0.15) is 6.54 Å². The smallest absolute Gasteiger partial charge is 0.267 e. The van der Waals surface area contributed by atoms with Crippen LogP contribution in [0.3, 0.4) is 0 Å². The van der Waals surface area contributed by atoms with Crippen molar-refractivity contribution in [3.63, 3.8) is 0 Å². The van der Waals surface area contributed by atoms with Gasteiger partial charge in [0, 0.05) is 17.9 Å². The second-order valence-corrected chi connectivity index (χ2v) is 5.38. The zero-order valence-corrected chi connectivity index (χ0v) is 14.2. The number of carbonyl (C=O) groups excluding carboxylic acids is 2. The Morgan fingerprint density at radius 3 is 2.50 bits per heavy atom. The number of amides is 1. The van der Waals surface area contributed by atoms with E-state index in [0.29, 0.717) is 18.8 Å². The van der Waals surface area contributed by atoms with Gasteiger partial charge in [0.05, 0.1) is 13.2 Å². The van der Waals surface area contributed by atoms with E-state index in [0.717, 1.165) is 11.1 Å². The van der Waals surface area contributed by atoms with Crippen molar-refractivity contribution in [1.82, 2.24) is 5.48 Å². The molecular formula is C20H20N2O4. The Bertz CT molecular complexity index is 768. The first kappa shape index (κ1) is 19.2. The van der Waals surface area contributed by atoms with Crippen molar-refractivity contribution in [2.45, 2.75) is 6.61 Å². The summed E-state index contributed by atoms with van der Waals surface area (Å²) in [5, 5.41) is 8.41. The van der Waals surface area contributed by atoms with Crippen molar-refractivity contribution < 1.29 is 19.5 Å². The van der Waals surface area contributed by atoms with Gasteiger partial charge in [-0.1, -0.05) is 54.6 Å². The van der Waals surface area contributed by atoms with E-state index in [1.165, 1.54) is 17.6 Å². The number of hydroxylamine groups is 1. The molecule has 1 amide bonds. The molecule has 2 aromatic carbocycles. The van der Waals surface area contributed by atoms with Gasteiger partial charge in [-0.05, 0) is 17.2 Å². The molecule has 0 spiro atoms.